The number of aromatic nitrogens is 10. The molecule has 0 aliphatic carbocycles. The molecule has 2 fully saturated rings. The largest absolute Gasteiger partial charge is 0.461 e. The summed E-state index contributed by atoms with van der Waals surface area (Å²) in [4.78, 5) is 52.1. The van der Waals surface area contributed by atoms with Gasteiger partial charge in [-0.25, -0.2) is 26.0 Å². The van der Waals surface area contributed by atoms with Crippen LogP contribution in [0, 0.1) is 0 Å². The Morgan fingerprint density at radius 2 is 1.08 bits per heavy atom. The van der Waals surface area contributed by atoms with Crippen molar-refractivity contribution in [3.63, 3.8) is 0 Å². The Balaban J connectivity index is 0.000000156. The normalized spacial score (nSPS) is 15.4. The zero-order chi connectivity index (χ0) is 51.2. The van der Waals surface area contributed by atoms with Gasteiger partial charge in [0.15, 0.2) is 11.5 Å². The number of anilines is 3. The number of nitrogens with zero attached hydrogens (tertiary/aromatic N) is 12. The quantitative estimate of drug-likeness (QED) is 0.128. The van der Waals surface area contributed by atoms with Gasteiger partial charge in [0.1, 0.15) is 0 Å². The summed E-state index contributed by atoms with van der Waals surface area (Å²) < 4.78 is 88.5. The van der Waals surface area contributed by atoms with Gasteiger partial charge in [-0.05, 0) is 79.0 Å². The van der Waals surface area contributed by atoms with Crippen LogP contribution >= 0.6 is 0 Å². The molecule has 0 unspecified atom stereocenters. The molecular formula is C45H48F4N16O6S. The number of carbonyl (C=O) groups is 2. The Bertz CT molecular complexity index is 3240. The van der Waals surface area contributed by atoms with Crippen LogP contribution in [0.4, 0.5) is 35.4 Å². The molecule has 27 heteroatoms. The SMILES string of the molecule is CS(=O)(=O)c1nc(N)n2nc(-c3ccco3)nc2n1.NCCc1ccc(C(=O)N2CCC(F)(F)CC2)cc1.Nc1nc(NCCc2ccc(C(=O)N3CCC(F)(F)CC3)cc2)nc2nc(-c3ccco3)nn12. The van der Waals surface area contributed by atoms with Gasteiger partial charge in [0.25, 0.3) is 40.4 Å². The first-order chi connectivity index (χ1) is 34.3. The highest BCUT2D eigenvalue weighted by Crippen LogP contribution is 2.30. The molecule has 10 rings (SSSR count). The first kappa shape index (κ1) is 50.3. The van der Waals surface area contributed by atoms with E-state index < -0.39 is 26.8 Å². The van der Waals surface area contributed by atoms with E-state index in [1.165, 1.54) is 26.8 Å². The van der Waals surface area contributed by atoms with Crippen LogP contribution in [0.3, 0.4) is 0 Å². The summed E-state index contributed by atoms with van der Waals surface area (Å²) in [6, 6.07) is 21.1. The second-order valence-electron chi connectivity index (χ2n) is 16.7. The molecule has 0 atom stereocenters. The predicted molar refractivity (Wildman–Crippen MR) is 252 cm³/mol. The van der Waals surface area contributed by atoms with Gasteiger partial charge in [0.05, 0.1) is 12.5 Å². The van der Waals surface area contributed by atoms with Gasteiger partial charge < -0.3 is 41.2 Å². The fourth-order valence-electron chi connectivity index (χ4n) is 7.41. The van der Waals surface area contributed by atoms with E-state index in [-0.39, 0.29) is 87.2 Å². The van der Waals surface area contributed by atoms with E-state index in [0.29, 0.717) is 59.7 Å². The number of nitrogens with one attached hydrogen (secondary N) is 1. The molecule has 0 radical (unpaired) electrons. The van der Waals surface area contributed by atoms with Gasteiger partial charge in [0.2, 0.25) is 39.3 Å². The molecule has 2 aromatic carbocycles. The van der Waals surface area contributed by atoms with Crippen LogP contribution in [-0.2, 0) is 22.7 Å². The third-order valence-electron chi connectivity index (χ3n) is 11.4. The zero-order valence-corrected chi connectivity index (χ0v) is 39.4. The van der Waals surface area contributed by atoms with E-state index >= 15 is 0 Å². The molecule has 2 saturated heterocycles. The van der Waals surface area contributed by atoms with Crippen LogP contribution < -0.4 is 22.5 Å². The third-order valence-corrected chi connectivity index (χ3v) is 12.2. The number of nitrogens with two attached hydrogens (primary N) is 3. The number of alkyl halides is 4. The number of nitrogen functional groups attached to an aromatic ring is 2. The predicted octanol–water partition coefficient (Wildman–Crippen LogP) is 4.71. The van der Waals surface area contributed by atoms with Crippen molar-refractivity contribution < 1.29 is 44.4 Å². The van der Waals surface area contributed by atoms with E-state index in [9.17, 15) is 35.6 Å². The number of hydrogen-bond donors (Lipinski definition) is 4. The van der Waals surface area contributed by atoms with Crippen LogP contribution in [0.2, 0.25) is 0 Å². The number of halogens is 4. The maximum atomic E-state index is 13.3. The number of likely N-dealkylation sites (tertiary alicyclic amines) is 2. The number of benzene rings is 2. The lowest BCUT2D eigenvalue weighted by Gasteiger charge is -2.31. The summed E-state index contributed by atoms with van der Waals surface area (Å²) in [7, 11) is -3.57. The van der Waals surface area contributed by atoms with E-state index in [1.807, 2.05) is 24.3 Å². The lowest BCUT2D eigenvalue weighted by atomic mass is 10.0. The molecule has 6 aromatic heterocycles. The molecule has 2 amide bonds. The van der Waals surface area contributed by atoms with E-state index in [2.05, 4.69) is 45.4 Å². The Kier molecular flexibility index (Phi) is 14.8. The van der Waals surface area contributed by atoms with Crippen LogP contribution in [0.25, 0.3) is 34.7 Å². The number of sulfone groups is 1. The van der Waals surface area contributed by atoms with E-state index in [0.717, 1.165) is 28.3 Å². The molecule has 72 heavy (non-hydrogen) atoms. The van der Waals surface area contributed by atoms with Crippen LogP contribution in [0.1, 0.15) is 57.5 Å². The second kappa shape index (κ2) is 21.1. The number of hydrogen-bond acceptors (Lipinski definition) is 18. The minimum atomic E-state index is -3.57. The highest BCUT2D eigenvalue weighted by Gasteiger charge is 2.37. The average Bonchev–Trinajstić information content (AvgIpc) is 4.20. The van der Waals surface area contributed by atoms with Gasteiger partial charge >= 0.3 is 0 Å². The van der Waals surface area contributed by atoms with Crippen LogP contribution in [-0.4, -0.2) is 137 Å². The summed E-state index contributed by atoms with van der Waals surface area (Å²) in [5, 5.41) is 11.0. The Morgan fingerprint density at radius 1 is 0.639 bits per heavy atom. The van der Waals surface area contributed by atoms with Crippen LogP contribution in [0.5, 0.6) is 0 Å². The van der Waals surface area contributed by atoms with Crippen molar-refractivity contribution in [2.45, 2.75) is 55.5 Å². The summed E-state index contributed by atoms with van der Waals surface area (Å²) in [6.07, 6.45) is 4.32. The molecule has 8 heterocycles. The van der Waals surface area contributed by atoms with Crippen molar-refractivity contribution in [3.05, 3.63) is 108 Å². The minimum Gasteiger partial charge on any atom is -0.461 e. The van der Waals surface area contributed by atoms with E-state index in [1.54, 1.807) is 48.5 Å². The topological polar surface area (TPSA) is 303 Å². The Hall–Kier alpha value is -8.07. The number of amides is 2. The molecule has 2 aliphatic heterocycles. The molecular weight excluding hydrogens is 969 g/mol. The van der Waals surface area contributed by atoms with Crippen molar-refractivity contribution in [1.82, 2.24) is 58.9 Å². The number of rotatable bonds is 11. The zero-order valence-electron chi connectivity index (χ0n) is 38.5. The third kappa shape index (κ3) is 12.3. The summed E-state index contributed by atoms with van der Waals surface area (Å²) >= 11 is 0. The lowest BCUT2D eigenvalue weighted by molar-refractivity contribution is -0.0503. The first-order valence-corrected chi connectivity index (χ1v) is 24.3. The Morgan fingerprint density at radius 3 is 1.51 bits per heavy atom. The summed E-state index contributed by atoms with van der Waals surface area (Å²) in [6.45, 7) is 1.46. The van der Waals surface area contributed by atoms with Crippen LogP contribution in [0.15, 0.2) is 99.3 Å². The summed E-state index contributed by atoms with van der Waals surface area (Å²) in [5.41, 5.74) is 20.2. The van der Waals surface area contributed by atoms with Gasteiger partial charge in [-0.1, -0.05) is 24.3 Å². The molecule has 7 N–H and O–H groups in total. The number of furan rings is 2. The number of fused-ring (bicyclic) bond motifs is 2. The van der Waals surface area contributed by atoms with Crippen molar-refractivity contribution in [2.75, 3.05) is 62.3 Å². The maximum absolute atomic E-state index is 13.3. The summed E-state index contributed by atoms with van der Waals surface area (Å²) in [5.74, 6) is -3.50. The van der Waals surface area contributed by atoms with Crippen molar-refractivity contribution in [1.29, 1.82) is 0 Å². The molecule has 378 valence electrons. The maximum Gasteiger partial charge on any atom is 0.259 e. The van der Waals surface area contributed by atoms with Crippen molar-refractivity contribution >= 4 is 51.1 Å². The molecule has 0 spiro atoms. The smallest absolute Gasteiger partial charge is 0.259 e. The van der Waals surface area contributed by atoms with Gasteiger partial charge in [-0.15, -0.1) is 10.2 Å². The fourth-order valence-corrected chi connectivity index (χ4v) is 7.92. The molecule has 0 bridgehead atoms. The average molecular weight is 1020 g/mol. The number of piperidine rings is 2. The fraction of sp³-hybridized carbons (Fsp3) is 0.333. The lowest BCUT2D eigenvalue weighted by Crippen LogP contribution is -2.42. The molecule has 8 aromatic rings. The van der Waals surface area contributed by atoms with Crippen molar-refractivity contribution in [3.8, 4) is 23.2 Å². The highest BCUT2D eigenvalue weighted by molar-refractivity contribution is 7.90. The Labute approximate surface area is 407 Å². The molecule has 2 aliphatic rings. The molecule has 22 nitrogen and oxygen atoms in total. The first-order valence-electron chi connectivity index (χ1n) is 22.4. The van der Waals surface area contributed by atoms with Gasteiger partial charge in [-0.3, -0.25) is 9.59 Å². The monoisotopic (exact) mass is 1020 g/mol. The van der Waals surface area contributed by atoms with Crippen molar-refractivity contribution in [2.24, 2.45) is 5.73 Å². The second-order valence-corrected chi connectivity index (χ2v) is 18.6. The highest BCUT2D eigenvalue weighted by atomic mass is 32.2. The van der Waals surface area contributed by atoms with Gasteiger partial charge in [-0.2, -0.15) is 38.9 Å². The molecule has 0 saturated carbocycles. The minimum absolute atomic E-state index is 0.0410. The number of carbonyl (C=O) groups excluding carboxylic acids is 2. The standard InChI is InChI=1S/C22H22F2N8O2.C14H18F2N2O.C9H8N6O3S/c23-22(24)8-11-31(12-9-22)18(33)15-5-3-14(4-6-15)7-10-26-20-28-19(25)32-21(29-20)27-17(30-32)16-2-1-13-34-16;15-14(16)6-9-18(10-7-14)13(19)12-3-1-11(2-4-12)5-8-17;1-19(16,17)9-12-7(10)15-8(13-9)11-6(14-15)5-3-2-4-18-5/h1-6,13H,7-12H2,(H3,25,26,27,28,29,30);1-4H,5-10,17H2;2-4H,1H3,(H2,10,11,12,13,14). The van der Waals surface area contributed by atoms with Gasteiger partial charge in [0, 0.05) is 75.8 Å². The van der Waals surface area contributed by atoms with E-state index in [4.69, 9.17) is 26.0 Å².